The van der Waals surface area contributed by atoms with Gasteiger partial charge in [-0.25, -0.2) is 0 Å². The molecule has 0 aliphatic heterocycles. The van der Waals surface area contributed by atoms with Crippen molar-refractivity contribution >= 4 is 33.2 Å². The van der Waals surface area contributed by atoms with Crippen LogP contribution in [0, 0.1) is 0 Å². The number of hydrogen-bond donors (Lipinski definition) is 0. The van der Waals surface area contributed by atoms with Crippen LogP contribution in [-0.4, -0.2) is 33.2 Å². The Morgan fingerprint density at radius 2 is 1.40 bits per heavy atom. The van der Waals surface area contributed by atoms with Gasteiger partial charge in [-0.15, -0.1) is 0 Å². The molecule has 53 valence electrons. The van der Waals surface area contributed by atoms with Gasteiger partial charge in [0.15, 0.2) is 0 Å². The molecule has 0 saturated carbocycles. The van der Waals surface area contributed by atoms with Crippen LogP contribution in [0.15, 0.2) is 24.3 Å². The molecule has 0 bridgehead atoms. The van der Waals surface area contributed by atoms with E-state index >= 15 is 0 Å². The summed E-state index contributed by atoms with van der Waals surface area (Å²) < 4.78 is 0.815. The first kappa shape index (κ1) is 10.6. The van der Waals surface area contributed by atoms with Crippen molar-refractivity contribution in [1.29, 1.82) is 0 Å². The Morgan fingerprint density at radius 1 is 1.10 bits per heavy atom. The minimum absolute atomic E-state index is 0.120. The molecule has 1 aliphatic rings. The second-order valence-corrected chi connectivity index (χ2v) is 8.04. The molecule has 0 nitrogen and oxygen atoms in total. The van der Waals surface area contributed by atoms with E-state index in [0.717, 1.165) is 3.67 Å². The molecule has 0 N–H and O–H groups in total. The van der Waals surface area contributed by atoms with Crippen LogP contribution in [-0.2, 0) is 0 Å². The summed E-state index contributed by atoms with van der Waals surface area (Å²) in [7, 11) is 0.120. The molecule has 3 radical (unpaired) electrons. The molecule has 0 saturated heterocycles. The van der Waals surface area contributed by atoms with Gasteiger partial charge in [-0.2, -0.15) is 0 Å². The van der Waals surface area contributed by atoms with Crippen LogP contribution in [0.2, 0.25) is 23.3 Å². The van der Waals surface area contributed by atoms with E-state index < -0.39 is 0 Å². The topological polar surface area (TPSA) is 0 Å². The summed E-state index contributed by atoms with van der Waals surface area (Å²) in [5.74, 6) is 0. The summed E-state index contributed by atoms with van der Waals surface area (Å²) in [4.78, 5) is 0. The molecular weight excluding hydrogens is 239 g/mol. The summed E-state index contributed by atoms with van der Waals surface area (Å²) in [6.07, 6.45) is 8.66. The zero-order valence-corrected chi connectivity index (χ0v) is 11.3. The molecule has 0 amide bonds. The van der Waals surface area contributed by atoms with Crippen molar-refractivity contribution in [1.82, 2.24) is 0 Å². The van der Waals surface area contributed by atoms with Crippen LogP contribution < -0.4 is 0 Å². The van der Waals surface area contributed by atoms with Gasteiger partial charge in [0.25, 0.3) is 0 Å². The molecule has 1 aliphatic carbocycles. The molecule has 0 atom stereocenters. The quantitative estimate of drug-likeness (QED) is 0.582. The summed E-state index contributed by atoms with van der Waals surface area (Å²) in [5, 5.41) is 0. The molecule has 2 heteroatoms. The van der Waals surface area contributed by atoms with Crippen molar-refractivity contribution in [3.8, 4) is 0 Å². The molecular formula is C8H14InSi. The van der Waals surface area contributed by atoms with Crippen LogP contribution in [0.5, 0.6) is 0 Å². The SMILES string of the molecule is C[Si](C)C.[In][CH]1C=CC=C1. The Hall–Kier alpha value is 0.567. The van der Waals surface area contributed by atoms with Crippen molar-refractivity contribution < 1.29 is 0 Å². The second kappa shape index (κ2) is 6.29. The standard InChI is InChI=1S/C5H5.C3H9Si.In/c1-2-4-5-3-1;1-4(2)3;/h1-5H;1-3H3;. The van der Waals surface area contributed by atoms with E-state index in [0.29, 0.717) is 0 Å². The van der Waals surface area contributed by atoms with E-state index in [1.165, 1.54) is 24.4 Å². The number of rotatable bonds is 0. The monoisotopic (exact) mass is 253 g/mol. The van der Waals surface area contributed by atoms with Crippen molar-refractivity contribution in [3.05, 3.63) is 24.3 Å². The number of allylic oxidation sites excluding steroid dienone is 4. The van der Waals surface area contributed by atoms with Gasteiger partial charge in [0.2, 0.25) is 0 Å². The Kier molecular flexibility index (Phi) is 6.64. The fraction of sp³-hybridized carbons (Fsp3) is 0.500. The van der Waals surface area contributed by atoms with E-state index in [4.69, 9.17) is 0 Å². The Labute approximate surface area is 80.6 Å². The summed E-state index contributed by atoms with van der Waals surface area (Å²) in [5.41, 5.74) is 0. The number of hydrogen-bond acceptors (Lipinski definition) is 0. The summed E-state index contributed by atoms with van der Waals surface area (Å²) >= 11 is 1.34. The van der Waals surface area contributed by atoms with E-state index in [9.17, 15) is 0 Å². The molecule has 0 heterocycles. The average molecular weight is 253 g/mol. The van der Waals surface area contributed by atoms with Crippen molar-refractivity contribution in [2.24, 2.45) is 0 Å². The maximum absolute atomic E-state index is 2.27. The minimum atomic E-state index is 0.120. The third-order valence-electron chi connectivity index (χ3n) is 0.778. The van der Waals surface area contributed by atoms with E-state index in [1.54, 1.807) is 0 Å². The van der Waals surface area contributed by atoms with Gasteiger partial charge in [-0.3, -0.25) is 0 Å². The molecule has 0 aromatic carbocycles. The predicted molar refractivity (Wildman–Crippen MR) is 51.1 cm³/mol. The van der Waals surface area contributed by atoms with Gasteiger partial charge in [0, 0.05) is 8.80 Å². The van der Waals surface area contributed by atoms with Crippen LogP contribution in [0.4, 0.5) is 0 Å². The molecule has 0 fully saturated rings. The zero-order chi connectivity index (χ0) is 7.98. The normalized spacial score (nSPS) is 15.6. The van der Waals surface area contributed by atoms with Crippen LogP contribution in [0.25, 0.3) is 0 Å². The molecule has 0 aromatic rings. The van der Waals surface area contributed by atoms with E-state index in [-0.39, 0.29) is 8.80 Å². The predicted octanol–water partition coefficient (Wildman–Crippen LogP) is 2.44. The first-order valence-corrected chi connectivity index (χ1v) is 8.40. The van der Waals surface area contributed by atoms with Gasteiger partial charge in [0.1, 0.15) is 0 Å². The fourth-order valence-corrected chi connectivity index (χ4v) is 1.18. The Morgan fingerprint density at radius 3 is 1.50 bits per heavy atom. The van der Waals surface area contributed by atoms with Crippen molar-refractivity contribution in [3.63, 3.8) is 0 Å². The molecule has 0 aromatic heterocycles. The van der Waals surface area contributed by atoms with Gasteiger partial charge in [-0.05, 0) is 0 Å². The summed E-state index contributed by atoms with van der Waals surface area (Å²) in [6.45, 7) is 6.81. The van der Waals surface area contributed by atoms with E-state index in [1.807, 2.05) is 0 Å². The fourth-order valence-electron chi connectivity index (χ4n) is 0.449. The van der Waals surface area contributed by atoms with Crippen LogP contribution in [0.1, 0.15) is 0 Å². The third kappa shape index (κ3) is 8.57. The molecule has 0 spiro atoms. The summed E-state index contributed by atoms with van der Waals surface area (Å²) in [6, 6.07) is 0. The van der Waals surface area contributed by atoms with Crippen LogP contribution >= 0.6 is 0 Å². The van der Waals surface area contributed by atoms with Gasteiger partial charge >= 0.3 is 52.4 Å². The second-order valence-electron chi connectivity index (χ2n) is 2.85. The van der Waals surface area contributed by atoms with Gasteiger partial charge in [0.05, 0.1) is 0 Å². The van der Waals surface area contributed by atoms with Gasteiger partial charge < -0.3 is 0 Å². The van der Waals surface area contributed by atoms with Crippen molar-refractivity contribution in [2.45, 2.75) is 23.3 Å². The average Bonchev–Trinajstić information content (AvgIpc) is 2.15. The first-order chi connectivity index (χ1) is 4.63. The Bertz CT molecular complexity index is 112. The van der Waals surface area contributed by atoms with Gasteiger partial charge in [-0.1, -0.05) is 19.6 Å². The maximum atomic E-state index is 2.27. The zero-order valence-electron chi connectivity index (χ0n) is 6.96. The third-order valence-corrected chi connectivity index (χ3v) is 2.05. The molecule has 0 unspecified atom stereocenters. The Balaban J connectivity index is 0.000000180. The van der Waals surface area contributed by atoms with Crippen molar-refractivity contribution in [2.75, 3.05) is 0 Å². The van der Waals surface area contributed by atoms with Crippen LogP contribution in [0.3, 0.4) is 0 Å². The van der Waals surface area contributed by atoms with E-state index in [2.05, 4.69) is 43.9 Å². The first-order valence-electron chi connectivity index (χ1n) is 3.50. The molecule has 10 heavy (non-hydrogen) atoms. The molecule has 1 rings (SSSR count).